The van der Waals surface area contributed by atoms with Crippen molar-refractivity contribution in [1.82, 2.24) is 4.57 Å². The fourth-order valence-electron chi connectivity index (χ4n) is 3.46. The lowest BCUT2D eigenvalue weighted by molar-refractivity contribution is -0.384. The minimum Gasteiger partial charge on any atom is -0.490 e. The number of aromatic nitrogens is 1. The van der Waals surface area contributed by atoms with E-state index in [-0.39, 0.29) is 11.4 Å². The van der Waals surface area contributed by atoms with Gasteiger partial charge in [0.25, 0.3) is 0 Å². The standard InChI is InChI=1S/C15H18N2O5/c1-7-6-9-11(13(17(20)21)15(7)22-3)8(2)12-14(19)10(18)4-5-16(9)12/h6,10,14,18-19H,4-5H2,1-3H3/t10-,14-/m0/s1. The molecule has 118 valence electrons. The van der Waals surface area contributed by atoms with Gasteiger partial charge in [-0.05, 0) is 31.9 Å². The van der Waals surface area contributed by atoms with Crippen molar-refractivity contribution in [2.24, 2.45) is 0 Å². The first kappa shape index (κ1) is 14.8. The third-order valence-corrected chi connectivity index (χ3v) is 4.44. The van der Waals surface area contributed by atoms with Crippen LogP contribution in [-0.2, 0) is 6.54 Å². The van der Waals surface area contributed by atoms with Crippen LogP contribution < -0.4 is 4.74 Å². The van der Waals surface area contributed by atoms with Crippen LogP contribution in [0.25, 0.3) is 10.9 Å². The van der Waals surface area contributed by atoms with E-state index in [2.05, 4.69) is 0 Å². The number of hydrogen-bond donors (Lipinski definition) is 2. The highest BCUT2D eigenvalue weighted by molar-refractivity contribution is 5.97. The Kier molecular flexibility index (Phi) is 3.34. The van der Waals surface area contributed by atoms with Crippen LogP contribution >= 0.6 is 0 Å². The Morgan fingerprint density at radius 2 is 2.09 bits per heavy atom. The third kappa shape index (κ3) is 1.82. The van der Waals surface area contributed by atoms with E-state index >= 15 is 0 Å². The second-order valence-corrected chi connectivity index (χ2v) is 5.69. The van der Waals surface area contributed by atoms with E-state index in [9.17, 15) is 20.3 Å². The van der Waals surface area contributed by atoms with Gasteiger partial charge < -0.3 is 19.5 Å². The van der Waals surface area contributed by atoms with Gasteiger partial charge in [0.15, 0.2) is 0 Å². The summed E-state index contributed by atoms with van der Waals surface area (Å²) < 4.78 is 7.08. The van der Waals surface area contributed by atoms with Gasteiger partial charge in [-0.2, -0.15) is 0 Å². The van der Waals surface area contributed by atoms with Crippen LogP contribution in [-0.4, -0.2) is 32.9 Å². The fraction of sp³-hybridized carbons (Fsp3) is 0.467. The zero-order valence-corrected chi connectivity index (χ0v) is 12.7. The van der Waals surface area contributed by atoms with Gasteiger partial charge >= 0.3 is 5.69 Å². The topological polar surface area (TPSA) is 97.8 Å². The summed E-state index contributed by atoms with van der Waals surface area (Å²) in [5.41, 5.74) is 2.44. The van der Waals surface area contributed by atoms with E-state index < -0.39 is 17.1 Å². The first-order valence-corrected chi connectivity index (χ1v) is 7.09. The number of fused-ring (bicyclic) bond motifs is 3. The molecule has 0 aliphatic carbocycles. The Balaban J connectivity index is 2.47. The summed E-state index contributed by atoms with van der Waals surface area (Å²) in [6.45, 7) is 4.01. The molecule has 0 spiro atoms. The summed E-state index contributed by atoms with van der Waals surface area (Å²) in [5, 5.41) is 32.2. The predicted molar refractivity (Wildman–Crippen MR) is 80.2 cm³/mol. The van der Waals surface area contributed by atoms with Gasteiger partial charge in [0.2, 0.25) is 5.75 Å². The minimum atomic E-state index is -1.04. The van der Waals surface area contributed by atoms with Crippen molar-refractivity contribution in [3.8, 4) is 5.75 Å². The van der Waals surface area contributed by atoms with E-state index in [0.717, 1.165) is 0 Å². The number of rotatable bonds is 2. The highest BCUT2D eigenvalue weighted by atomic mass is 16.6. The number of aliphatic hydroxyl groups excluding tert-OH is 2. The molecule has 0 bridgehead atoms. The van der Waals surface area contributed by atoms with Crippen molar-refractivity contribution in [1.29, 1.82) is 0 Å². The van der Waals surface area contributed by atoms with Crippen LogP contribution in [0.3, 0.4) is 0 Å². The lowest BCUT2D eigenvalue weighted by Gasteiger charge is -2.27. The zero-order valence-electron chi connectivity index (χ0n) is 12.7. The van der Waals surface area contributed by atoms with Gasteiger partial charge in [-0.15, -0.1) is 0 Å². The molecule has 1 aliphatic rings. The van der Waals surface area contributed by atoms with Crippen LogP contribution in [0.2, 0.25) is 0 Å². The Labute approximate surface area is 126 Å². The molecule has 0 saturated carbocycles. The second kappa shape index (κ2) is 4.96. The summed E-state index contributed by atoms with van der Waals surface area (Å²) in [5.74, 6) is 0.235. The first-order valence-electron chi connectivity index (χ1n) is 7.09. The molecule has 0 amide bonds. The van der Waals surface area contributed by atoms with Crippen molar-refractivity contribution < 1.29 is 19.9 Å². The second-order valence-electron chi connectivity index (χ2n) is 5.69. The number of methoxy groups -OCH3 is 1. The molecule has 1 aliphatic heterocycles. The maximum atomic E-state index is 11.6. The van der Waals surface area contributed by atoms with Gasteiger partial charge in [-0.25, -0.2) is 0 Å². The van der Waals surface area contributed by atoms with E-state index in [1.165, 1.54) is 7.11 Å². The number of nitrogens with zero attached hydrogens (tertiary/aromatic N) is 2. The van der Waals surface area contributed by atoms with Crippen molar-refractivity contribution in [2.75, 3.05) is 7.11 Å². The monoisotopic (exact) mass is 306 g/mol. The quantitative estimate of drug-likeness (QED) is 0.653. The molecule has 3 rings (SSSR count). The Morgan fingerprint density at radius 1 is 1.41 bits per heavy atom. The SMILES string of the molecule is COc1c(C)cc2c(c(C)c3n2CC[C@H](O)[C@@H]3O)c1[N+](=O)[O-]. The van der Waals surface area contributed by atoms with E-state index in [0.29, 0.717) is 40.7 Å². The molecule has 22 heavy (non-hydrogen) atoms. The normalized spacial score (nSPS) is 21.0. The fourth-order valence-corrected chi connectivity index (χ4v) is 3.46. The van der Waals surface area contributed by atoms with Gasteiger partial charge in [0, 0.05) is 12.1 Å². The Hall–Kier alpha value is -2.12. The molecule has 0 unspecified atom stereocenters. The molecular formula is C15H18N2O5. The van der Waals surface area contributed by atoms with Crippen molar-refractivity contribution in [3.63, 3.8) is 0 Å². The number of hydrogen-bond acceptors (Lipinski definition) is 5. The highest BCUT2D eigenvalue weighted by Crippen LogP contribution is 2.44. The number of ether oxygens (including phenoxy) is 1. The summed E-state index contributed by atoms with van der Waals surface area (Å²) in [6, 6.07) is 1.84. The number of benzene rings is 1. The predicted octanol–water partition coefficient (Wildman–Crippen LogP) is 1.97. The van der Waals surface area contributed by atoms with Crippen molar-refractivity contribution in [3.05, 3.63) is 33.0 Å². The number of aryl methyl sites for hydroxylation is 3. The summed E-state index contributed by atoms with van der Waals surface area (Å²) >= 11 is 0. The van der Waals surface area contributed by atoms with Gasteiger partial charge in [0.1, 0.15) is 6.10 Å². The van der Waals surface area contributed by atoms with Gasteiger partial charge in [-0.1, -0.05) is 0 Å². The lowest BCUT2D eigenvalue weighted by atomic mass is 10.00. The van der Waals surface area contributed by atoms with E-state index in [1.807, 2.05) is 10.6 Å². The molecule has 7 heteroatoms. The summed E-state index contributed by atoms with van der Waals surface area (Å²) in [4.78, 5) is 11.1. The van der Waals surface area contributed by atoms with Crippen LogP contribution in [0, 0.1) is 24.0 Å². The van der Waals surface area contributed by atoms with Gasteiger partial charge in [0.05, 0.1) is 34.7 Å². The highest BCUT2D eigenvalue weighted by Gasteiger charge is 2.34. The maximum absolute atomic E-state index is 11.6. The molecule has 2 atom stereocenters. The molecule has 1 aromatic carbocycles. The molecular weight excluding hydrogens is 288 g/mol. The number of nitro groups is 1. The zero-order chi connectivity index (χ0) is 16.2. The average Bonchev–Trinajstić information content (AvgIpc) is 2.74. The Morgan fingerprint density at radius 3 is 2.68 bits per heavy atom. The summed E-state index contributed by atoms with van der Waals surface area (Å²) in [7, 11) is 1.41. The maximum Gasteiger partial charge on any atom is 0.320 e. The van der Waals surface area contributed by atoms with Crippen LogP contribution in [0.1, 0.15) is 29.3 Å². The number of nitro benzene ring substituents is 1. The molecule has 0 fully saturated rings. The minimum absolute atomic E-state index is 0.0846. The molecule has 1 aromatic heterocycles. The first-order chi connectivity index (χ1) is 10.4. The molecule has 2 aromatic rings. The van der Waals surface area contributed by atoms with E-state index in [4.69, 9.17) is 4.74 Å². The van der Waals surface area contributed by atoms with Crippen molar-refractivity contribution >= 4 is 16.6 Å². The lowest BCUT2D eigenvalue weighted by Crippen LogP contribution is -2.28. The molecule has 7 nitrogen and oxygen atoms in total. The smallest absolute Gasteiger partial charge is 0.320 e. The van der Waals surface area contributed by atoms with Gasteiger partial charge in [-0.3, -0.25) is 10.1 Å². The van der Waals surface area contributed by atoms with E-state index in [1.54, 1.807) is 13.8 Å². The summed E-state index contributed by atoms with van der Waals surface area (Å²) in [6.07, 6.45) is -1.47. The molecule has 2 heterocycles. The van der Waals surface area contributed by atoms with Crippen LogP contribution in [0.5, 0.6) is 5.75 Å². The molecule has 0 radical (unpaired) electrons. The van der Waals surface area contributed by atoms with Crippen LogP contribution in [0.15, 0.2) is 6.07 Å². The third-order valence-electron chi connectivity index (χ3n) is 4.44. The number of aliphatic hydroxyl groups is 2. The average molecular weight is 306 g/mol. The van der Waals surface area contributed by atoms with Crippen molar-refractivity contribution in [2.45, 2.75) is 39.0 Å². The largest absolute Gasteiger partial charge is 0.490 e. The Bertz CT molecular complexity index is 780. The molecule has 0 saturated heterocycles. The molecule has 2 N–H and O–H groups in total. The van der Waals surface area contributed by atoms with Crippen LogP contribution in [0.4, 0.5) is 5.69 Å².